The third kappa shape index (κ3) is 7.88. The summed E-state index contributed by atoms with van der Waals surface area (Å²) in [4.78, 5) is 5.09. The number of nitrogens with zero attached hydrogens (tertiary/aromatic N) is 2. The van der Waals surface area contributed by atoms with Crippen LogP contribution in [0.1, 0.15) is 72.2 Å². The summed E-state index contributed by atoms with van der Waals surface area (Å²) in [6.45, 7) is 9.62. The largest absolute Gasteiger partial charge is 0.455 e. The van der Waals surface area contributed by atoms with Crippen molar-refractivity contribution in [3.05, 3.63) is 343 Å². The number of fused-ring (bicyclic) bond motifs is 22. The standard InChI is InChI=1S/C89H60I2N2O/c1-87(2)74-47-55(53-19-7-5-8-20-53)31-43-65(74)67-45-41-61(49-76(67)87)92(59-37-33-57(90)34-38-59)80-51-78-83(70-26-12-11-25-69(70)80)85-79(89(78)72-28-16-13-23-63(72)64-24-14-17-29-73(64)89)52-81(84-71-27-15-18-30-82(71)94-86(84)85)93(60-39-35-58(91)36-40-60)62-42-46-68-66-44-32-56(54-21-9-6-10-22-54)48-75(66)88(3,4)77(68)50-62/h5-52H,1-4H3. The van der Waals surface area contributed by atoms with E-state index in [1.165, 1.54) is 118 Å². The van der Waals surface area contributed by atoms with Crippen LogP contribution in [-0.2, 0) is 16.2 Å². The number of rotatable bonds is 8. The zero-order valence-corrected chi connectivity index (χ0v) is 56.6. The first-order chi connectivity index (χ1) is 45.9. The molecule has 94 heavy (non-hydrogen) atoms. The molecule has 1 spiro atoms. The Hall–Kier alpha value is -9.80. The zero-order valence-electron chi connectivity index (χ0n) is 52.3. The van der Waals surface area contributed by atoms with E-state index >= 15 is 0 Å². The van der Waals surface area contributed by atoms with Crippen molar-refractivity contribution >= 4 is 112 Å². The summed E-state index contributed by atoms with van der Waals surface area (Å²) in [5.41, 5.74) is 32.1. The van der Waals surface area contributed by atoms with Gasteiger partial charge in [0.2, 0.25) is 0 Å². The van der Waals surface area contributed by atoms with Crippen molar-refractivity contribution in [2.24, 2.45) is 0 Å². The van der Waals surface area contributed by atoms with Crippen molar-refractivity contribution in [3.63, 3.8) is 0 Å². The first kappa shape index (κ1) is 55.8. The number of hydrogen-bond acceptors (Lipinski definition) is 3. The van der Waals surface area contributed by atoms with Crippen molar-refractivity contribution in [2.45, 2.75) is 43.9 Å². The molecule has 0 bridgehead atoms. The average molecular weight is 1430 g/mol. The van der Waals surface area contributed by atoms with Gasteiger partial charge in [-0.25, -0.2) is 0 Å². The highest BCUT2D eigenvalue weighted by Crippen LogP contribution is 2.68. The fourth-order valence-corrected chi connectivity index (χ4v) is 17.8. The molecule has 4 aliphatic carbocycles. The van der Waals surface area contributed by atoms with E-state index in [-0.39, 0.29) is 10.8 Å². The number of para-hydroxylation sites is 1. The Morgan fingerprint density at radius 1 is 0.287 bits per heavy atom. The minimum atomic E-state index is -0.802. The van der Waals surface area contributed by atoms with Gasteiger partial charge in [0.15, 0.2) is 0 Å². The summed E-state index contributed by atoms with van der Waals surface area (Å²) >= 11 is 4.91. The maximum Gasteiger partial charge on any atom is 0.145 e. The summed E-state index contributed by atoms with van der Waals surface area (Å²) in [5, 5.41) is 4.49. The number of anilines is 6. The highest BCUT2D eigenvalue weighted by atomic mass is 127. The molecule has 14 aromatic carbocycles. The quantitative estimate of drug-likeness (QED) is 0.141. The van der Waals surface area contributed by atoms with E-state index in [1.807, 2.05) is 0 Å². The molecule has 0 saturated carbocycles. The fourth-order valence-electron chi connectivity index (χ4n) is 17.1. The first-order valence-electron chi connectivity index (χ1n) is 32.5. The Kier molecular flexibility index (Phi) is 12.2. The molecule has 446 valence electrons. The molecule has 0 amide bonds. The van der Waals surface area contributed by atoms with Crippen LogP contribution in [0.15, 0.2) is 296 Å². The van der Waals surface area contributed by atoms with E-state index < -0.39 is 5.41 Å². The molecule has 0 saturated heterocycles. The molecular formula is C89H60I2N2O. The van der Waals surface area contributed by atoms with Crippen molar-refractivity contribution in [1.82, 2.24) is 0 Å². The van der Waals surface area contributed by atoms with Gasteiger partial charge in [-0.05, 0) is 259 Å². The smallest absolute Gasteiger partial charge is 0.145 e. The Labute approximate surface area is 574 Å². The summed E-state index contributed by atoms with van der Waals surface area (Å²) in [6, 6.07) is 110. The second-order valence-electron chi connectivity index (χ2n) is 26.9. The van der Waals surface area contributed by atoms with E-state index in [9.17, 15) is 0 Å². The van der Waals surface area contributed by atoms with E-state index in [2.05, 4.69) is 374 Å². The highest BCUT2D eigenvalue weighted by molar-refractivity contribution is 14.1. The Morgan fingerprint density at radius 2 is 0.681 bits per heavy atom. The Balaban J connectivity index is 0.883. The molecule has 15 aromatic rings. The topological polar surface area (TPSA) is 19.6 Å². The van der Waals surface area contributed by atoms with Gasteiger partial charge in [-0.1, -0.05) is 216 Å². The first-order valence-corrected chi connectivity index (χ1v) is 34.7. The van der Waals surface area contributed by atoms with Gasteiger partial charge in [0.25, 0.3) is 0 Å². The van der Waals surface area contributed by atoms with Crippen LogP contribution in [0.5, 0.6) is 0 Å². The van der Waals surface area contributed by atoms with Gasteiger partial charge < -0.3 is 14.2 Å². The summed E-state index contributed by atoms with van der Waals surface area (Å²) in [6.07, 6.45) is 0. The second-order valence-corrected chi connectivity index (χ2v) is 29.4. The lowest BCUT2D eigenvalue weighted by Crippen LogP contribution is -2.27. The second kappa shape index (κ2) is 20.6. The van der Waals surface area contributed by atoms with Crippen LogP contribution >= 0.6 is 45.2 Å². The predicted molar refractivity (Wildman–Crippen MR) is 408 cm³/mol. The molecule has 1 aromatic heterocycles. The lowest BCUT2D eigenvalue weighted by atomic mass is 9.70. The normalized spacial score (nSPS) is 14.3. The van der Waals surface area contributed by atoms with Crippen LogP contribution in [0.25, 0.3) is 99.5 Å². The molecule has 0 atom stereocenters. The van der Waals surface area contributed by atoms with Gasteiger partial charge in [0.1, 0.15) is 11.2 Å². The van der Waals surface area contributed by atoms with Crippen LogP contribution in [0.3, 0.4) is 0 Å². The molecule has 0 N–H and O–H groups in total. The predicted octanol–water partition coefficient (Wildman–Crippen LogP) is 25.2. The summed E-state index contributed by atoms with van der Waals surface area (Å²) < 4.78 is 10.0. The molecule has 4 aliphatic rings. The van der Waals surface area contributed by atoms with Crippen LogP contribution in [0, 0.1) is 7.14 Å². The molecule has 1 heterocycles. The van der Waals surface area contributed by atoms with Crippen LogP contribution in [-0.4, -0.2) is 0 Å². The summed E-state index contributed by atoms with van der Waals surface area (Å²) in [7, 11) is 0. The van der Waals surface area contributed by atoms with Crippen molar-refractivity contribution in [2.75, 3.05) is 9.80 Å². The van der Waals surface area contributed by atoms with E-state index in [4.69, 9.17) is 4.42 Å². The SMILES string of the molecule is CC1(C)c2cc(-c3ccccc3)ccc2-c2ccc(N(c3ccc(I)cc3)c3cc4c(c5ccccc35)-c3c(cc(N(c5ccc(I)cc5)c5ccc6c(c5)C(C)(C)c5cc(-c7ccccc7)ccc5-6)c5c3oc3ccccc35)C43c4ccccc4-c4ccccc43)cc21. The Morgan fingerprint density at radius 3 is 1.21 bits per heavy atom. The number of hydrogen-bond donors (Lipinski definition) is 0. The van der Waals surface area contributed by atoms with Gasteiger partial charge >= 0.3 is 0 Å². The Bertz CT molecular complexity index is 5660. The minimum Gasteiger partial charge on any atom is -0.455 e. The van der Waals surface area contributed by atoms with Crippen molar-refractivity contribution in [3.8, 4) is 66.8 Å². The van der Waals surface area contributed by atoms with Gasteiger partial charge in [-0.2, -0.15) is 0 Å². The van der Waals surface area contributed by atoms with Crippen LogP contribution < -0.4 is 9.80 Å². The monoisotopic (exact) mass is 1430 g/mol. The third-order valence-corrected chi connectivity index (χ3v) is 22.8. The molecule has 5 heteroatoms. The molecule has 3 nitrogen and oxygen atoms in total. The van der Waals surface area contributed by atoms with Gasteiger partial charge in [0, 0.05) is 57.1 Å². The molecule has 0 radical (unpaired) electrons. The van der Waals surface area contributed by atoms with E-state index in [0.717, 1.165) is 67.0 Å². The van der Waals surface area contributed by atoms with Crippen molar-refractivity contribution < 1.29 is 4.42 Å². The van der Waals surface area contributed by atoms with Crippen molar-refractivity contribution in [1.29, 1.82) is 0 Å². The highest BCUT2D eigenvalue weighted by Gasteiger charge is 2.54. The lowest BCUT2D eigenvalue weighted by molar-refractivity contribution is 0.660. The van der Waals surface area contributed by atoms with Crippen LogP contribution in [0.2, 0.25) is 0 Å². The average Bonchev–Trinajstić information content (AvgIpc) is 1.49. The van der Waals surface area contributed by atoms with E-state index in [1.54, 1.807) is 0 Å². The number of furan rings is 1. The molecule has 0 fully saturated rings. The minimum absolute atomic E-state index is 0.276. The molecular weight excluding hydrogens is 1370 g/mol. The number of halogens is 2. The van der Waals surface area contributed by atoms with Crippen LogP contribution in [0.4, 0.5) is 34.1 Å². The van der Waals surface area contributed by atoms with E-state index in [0.29, 0.717) is 0 Å². The molecule has 19 rings (SSSR count). The third-order valence-electron chi connectivity index (χ3n) is 21.4. The maximum atomic E-state index is 7.67. The zero-order chi connectivity index (χ0) is 62.9. The summed E-state index contributed by atoms with van der Waals surface area (Å²) in [5.74, 6) is 0. The molecule has 0 unspecified atom stereocenters. The fraction of sp³-hybridized carbons (Fsp3) is 0.0787. The van der Waals surface area contributed by atoms with Gasteiger partial charge in [-0.15, -0.1) is 0 Å². The number of benzene rings is 14. The van der Waals surface area contributed by atoms with Gasteiger partial charge in [-0.3, -0.25) is 0 Å². The molecule has 0 aliphatic heterocycles. The van der Waals surface area contributed by atoms with Gasteiger partial charge in [0.05, 0.1) is 22.2 Å². The maximum absolute atomic E-state index is 7.67. The lowest BCUT2D eigenvalue weighted by Gasteiger charge is -2.34.